The molecule has 26 nitrogen and oxygen atoms in total. The molecule has 7 amide bonds. The van der Waals surface area contributed by atoms with Gasteiger partial charge in [-0.2, -0.15) is 0 Å². The average molecular weight is 1410 g/mol. The van der Waals surface area contributed by atoms with E-state index >= 15 is 0 Å². The van der Waals surface area contributed by atoms with Gasteiger partial charge in [0.25, 0.3) is 0 Å². The van der Waals surface area contributed by atoms with Crippen molar-refractivity contribution in [3.05, 3.63) is 191 Å². The van der Waals surface area contributed by atoms with Crippen molar-refractivity contribution >= 4 is 107 Å². The molecular weight excluding hydrogens is 1320 g/mol. The fourth-order valence-corrected chi connectivity index (χ4v) is 13.7. The second-order valence-electron chi connectivity index (χ2n) is 24.2. The minimum atomic E-state index is -1.66. The number of nitrogens with one attached hydrogen (secondary N) is 8. The first-order valence-electron chi connectivity index (χ1n) is 32.3. The summed E-state index contributed by atoms with van der Waals surface area (Å²) in [6.45, 7) is 2.23. The maximum Gasteiger partial charge on any atom is 0.339 e. The minimum absolute atomic E-state index is 0.0340. The van der Waals surface area contributed by atoms with Crippen LogP contribution in [-0.2, 0) is 59.2 Å². The molecule has 9 rings (SSSR count). The van der Waals surface area contributed by atoms with Gasteiger partial charge < -0.3 is 89.4 Å². The number of phenols is 2. The number of aliphatic hydroxyl groups is 3. The number of hydrogen-bond donors (Lipinski definition) is 17. The fourth-order valence-electron chi connectivity index (χ4n) is 11.4. The maximum absolute atomic E-state index is 14.7. The van der Waals surface area contributed by atoms with Crippen LogP contribution in [0.15, 0.2) is 152 Å². The van der Waals surface area contributed by atoms with Crippen molar-refractivity contribution in [3.63, 3.8) is 0 Å². The molecule has 0 radical (unpaired) electrons. The smallest absolute Gasteiger partial charge is 0.339 e. The molecule has 0 saturated carbocycles. The first-order chi connectivity index (χ1) is 48.0. The van der Waals surface area contributed by atoms with Crippen molar-refractivity contribution < 1.29 is 78.9 Å². The van der Waals surface area contributed by atoms with Gasteiger partial charge in [0, 0.05) is 59.0 Å². The van der Waals surface area contributed by atoms with Crippen molar-refractivity contribution in [1.82, 2.24) is 42.2 Å². The molecule has 1 aliphatic heterocycles. The Kier molecular flexibility index (Phi) is 27.4. The molecule has 100 heavy (non-hydrogen) atoms. The number of carbonyl (C=O) groups excluding carboxylic acids is 7. The maximum atomic E-state index is 14.7. The molecule has 7 aromatic carbocycles. The summed E-state index contributed by atoms with van der Waals surface area (Å²) in [7, 11) is 2.06. The van der Waals surface area contributed by atoms with E-state index in [9.17, 15) is 78.9 Å². The van der Waals surface area contributed by atoms with E-state index in [1.165, 1.54) is 26.0 Å². The lowest BCUT2D eigenvalue weighted by molar-refractivity contribution is -0.136. The summed E-state index contributed by atoms with van der Waals surface area (Å²) < 4.78 is 0. The highest BCUT2D eigenvalue weighted by Crippen LogP contribution is 2.39. The molecule has 2 heterocycles. The van der Waals surface area contributed by atoms with E-state index in [0.717, 1.165) is 38.1 Å². The van der Waals surface area contributed by atoms with Gasteiger partial charge in [-0.25, -0.2) is 9.59 Å². The highest BCUT2D eigenvalue weighted by Gasteiger charge is 2.37. The summed E-state index contributed by atoms with van der Waals surface area (Å²) in [6, 6.07) is 31.4. The predicted molar refractivity (Wildman–Crippen MR) is 380 cm³/mol. The van der Waals surface area contributed by atoms with Gasteiger partial charge in [-0.15, -0.1) is 0 Å². The lowest BCUT2D eigenvalue weighted by atomic mass is 9.90. The lowest BCUT2D eigenvalue weighted by Gasteiger charge is -2.29. The molecule has 28 heteroatoms. The molecule has 10 atom stereocenters. The zero-order valence-electron chi connectivity index (χ0n) is 54.8. The van der Waals surface area contributed by atoms with Crippen LogP contribution in [0.1, 0.15) is 81.6 Å². The van der Waals surface area contributed by atoms with E-state index in [4.69, 9.17) is 11.5 Å². The highest BCUT2D eigenvalue weighted by atomic mass is 33.1. The summed E-state index contributed by atoms with van der Waals surface area (Å²) in [6.07, 6.45) is -0.197. The van der Waals surface area contributed by atoms with Crippen molar-refractivity contribution in [3.8, 4) is 11.5 Å². The number of aromatic nitrogens is 1. The topological polar surface area (TPSA) is 447 Å². The molecule has 3 unspecified atom stereocenters. The number of rotatable bonds is 21. The van der Waals surface area contributed by atoms with Crippen molar-refractivity contribution in [2.75, 3.05) is 24.7 Å². The van der Waals surface area contributed by atoms with E-state index in [1.54, 1.807) is 109 Å². The molecule has 0 aliphatic carbocycles. The Bertz CT molecular complexity index is 4120. The predicted octanol–water partition coefficient (Wildman–Crippen LogP) is 3.59. The summed E-state index contributed by atoms with van der Waals surface area (Å²) in [5, 5.41) is 93.3. The van der Waals surface area contributed by atoms with Crippen LogP contribution in [-0.4, -0.2) is 179 Å². The molecule has 1 aliphatic rings. The number of para-hydroxylation sites is 1. The van der Waals surface area contributed by atoms with Crippen molar-refractivity contribution in [2.24, 2.45) is 11.5 Å². The molecule has 8 aromatic rings. The van der Waals surface area contributed by atoms with Gasteiger partial charge in [-0.3, -0.25) is 33.6 Å². The van der Waals surface area contributed by atoms with Crippen LogP contribution in [0.2, 0.25) is 0 Å². The lowest BCUT2D eigenvalue weighted by Crippen LogP contribution is -2.62. The van der Waals surface area contributed by atoms with E-state index in [0.29, 0.717) is 56.6 Å². The molecule has 1 aromatic heterocycles. The van der Waals surface area contributed by atoms with Gasteiger partial charge in [0.1, 0.15) is 58.9 Å². The molecular formula is C72H82N10O16S2. The number of aromatic amines is 1. The standard InChI is InChI=1S/C49H66N10O10S2.C23H16O6/c1-28(61)39(25-60)56-48(68)41-27-71-70-26-40(57-43(63)34(51)21-30-13-5-3-6-14-30)47(67)54-37(22-31-15-7-4-8-16-31)45(65)55-38(23-32-24-52-35-18-10-9-17-33(32)35)46(66)53-36(19-11-12-20-50)44(64)59-42(29(2)62)49(69)58-41;24-20-16(14-7-3-1-5-12(14)9-18(20)22(26)27)11-17-15-8-4-2-6-13(15)10-19(21(17)25)23(28)29/h3-10,13-18,24,28-29,34,36-42,52,60-62H,11-12,19-23,25-27,50-51H2,1-2H3,(H,53,66)(H,54,67)(H,55,65)(H,56,68)(H,57,63)(H,58,69)(H,59,64);1-10,24-25H,11H2,(H,26,27)(H,28,29)/t28-,29-,34-,36+,37+,38?,39-,40?,41?,42+;/m1./s1. The van der Waals surface area contributed by atoms with Crippen LogP contribution in [0.3, 0.4) is 0 Å². The number of aliphatic hydroxyl groups excluding tert-OH is 3. The number of carboxylic acids is 2. The van der Waals surface area contributed by atoms with Crippen molar-refractivity contribution in [2.45, 2.75) is 119 Å². The zero-order valence-corrected chi connectivity index (χ0v) is 56.4. The number of hydrogen-bond acceptors (Lipinski definition) is 18. The third-order valence-electron chi connectivity index (χ3n) is 16.9. The Morgan fingerprint density at radius 3 is 1.67 bits per heavy atom. The molecule has 528 valence electrons. The number of unbranched alkanes of at least 4 members (excludes halogenated alkanes) is 1. The number of aromatic hydroxyl groups is 2. The Morgan fingerprint density at radius 1 is 0.600 bits per heavy atom. The summed E-state index contributed by atoms with van der Waals surface area (Å²) in [5.41, 5.74) is 15.1. The van der Waals surface area contributed by atoms with Crippen LogP contribution in [0.25, 0.3) is 32.4 Å². The number of carboxylic acid groups (broad SMARTS) is 2. The number of fused-ring (bicyclic) bond motifs is 3. The minimum Gasteiger partial charge on any atom is -0.507 e. The van der Waals surface area contributed by atoms with Crippen LogP contribution < -0.4 is 48.7 Å². The highest BCUT2D eigenvalue weighted by molar-refractivity contribution is 8.76. The Morgan fingerprint density at radius 2 is 1.11 bits per heavy atom. The number of benzene rings is 7. The quantitative estimate of drug-likeness (QED) is 0.0361. The molecule has 1 fully saturated rings. The van der Waals surface area contributed by atoms with Crippen molar-refractivity contribution in [1.29, 1.82) is 0 Å². The van der Waals surface area contributed by atoms with Gasteiger partial charge >= 0.3 is 11.9 Å². The Labute approximate surface area is 583 Å². The number of carbonyl (C=O) groups is 9. The summed E-state index contributed by atoms with van der Waals surface area (Å²) in [5.74, 6) is -9.36. The van der Waals surface area contributed by atoms with Gasteiger partial charge in [-0.05, 0) is 103 Å². The SMILES string of the molecule is C[C@@H](O)[C@@H]1NC(=O)[C@H](CCCCN)NC(=O)C(Cc2c[nH]c3ccccc23)NC(=O)[C@H](Cc2ccccc2)NC(=O)C(NC(=O)[C@H](N)Cc2ccccc2)CSSCC(C(=O)N[C@H](CO)[C@@H](C)O)NC1=O.O=C(O)c1cc2ccccc2c(Cc2c(O)c(C(=O)O)cc3ccccc23)c1O. The van der Waals surface area contributed by atoms with Gasteiger partial charge in [0.05, 0.1) is 30.9 Å². The number of H-pyrrole nitrogens is 1. The summed E-state index contributed by atoms with van der Waals surface area (Å²) >= 11 is 0. The largest absolute Gasteiger partial charge is 0.507 e. The first-order valence-corrected chi connectivity index (χ1v) is 34.8. The zero-order chi connectivity index (χ0) is 72.2. The third-order valence-corrected chi connectivity index (χ3v) is 19.3. The first kappa shape index (κ1) is 75.7. The van der Waals surface area contributed by atoms with Crippen LogP contribution >= 0.6 is 21.6 Å². The second kappa shape index (κ2) is 36.1. The van der Waals surface area contributed by atoms with E-state index in [1.807, 2.05) is 30.3 Å². The normalized spacial score (nSPS) is 19.4. The fraction of sp³-hybridized carbons (Fsp3) is 0.319. The van der Waals surface area contributed by atoms with Crippen LogP contribution in [0, 0.1) is 0 Å². The third kappa shape index (κ3) is 20.1. The molecule has 0 spiro atoms. The van der Waals surface area contributed by atoms with Crippen LogP contribution in [0.5, 0.6) is 11.5 Å². The van der Waals surface area contributed by atoms with Crippen LogP contribution in [0.4, 0.5) is 0 Å². The monoisotopic (exact) mass is 1410 g/mol. The number of nitrogens with two attached hydrogens (primary N) is 2. The number of aromatic carboxylic acids is 2. The second-order valence-corrected chi connectivity index (χ2v) is 26.8. The van der Waals surface area contributed by atoms with Gasteiger partial charge in [-0.1, -0.05) is 149 Å². The molecule has 0 bridgehead atoms. The van der Waals surface area contributed by atoms with Gasteiger partial charge in [0.2, 0.25) is 41.4 Å². The van der Waals surface area contributed by atoms with Gasteiger partial charge in [0.15, 0.2) is 0 Å². The number of amides is 7. The van der Waals surface area contributed by atoms with E-state index < -0.39 is 132 Å². The molecule has 1 saturated heterocycles. The molecule has 19 N–H and O–H groups in total. The van der Waals surface area contributed by atoms with E-state index in [2.05, 4.69) is 42.2 Å². The summed E-state index contributed by atoms with van der Waals surface area (Å²) in [4.78, 5) is 126. The van der Waals surface area contributed by atoms with E-state index in [-0.39, 0.29) is 61.3 Å². The Balaban J connectivity index is 0.000000361. The average Bonchev–Trinajstić information content (AvgIpc) is 0.880. The Hall–Kier alpha value is -10.1.